The monoisotopic (exact) mass is 535 g/mol. The van der Waals surface area contributed by atoms with Crippen LogP contribution < -0.4 is 16.2 Å². The Balaban J connectivity index is 0.00000167. The molecule has 0 spiro atoms. The van der Waals surface area contributed by atoms with Crippen LogP contribution >= 0.6 is 35.2 Å². The van der Waals surface area contributed by atoms with Crippen LogP contribution in [-0.2, 0) is 9.72 Å². The highest BCUT2D eigenvalue weighted by Gasteiger charge is 2.29. The van der Waals surface area contributed by atoms with Crippen molar-refractivity contribution in [3.05, 3.63) is 74.8 Å². The molecule has 1 saturated carbocycles. The Labute approximate surface area is 218 Å². The van der Waals surface area contributed by atoms with Crippen LogP contribution in [0.3, 0.4) is 0 Å². The van der Waals surface area contributed by atoms with E-state index in [0.29, 0.717) is 33.8 Å². The van der Waals surface area contributed by atoms with Gasteiger partial charge in [-0.25, -0.2) is 9.97 Å². The highest BCUT2D eigenvalue weighted by molar-refractivity contribution is 7.92. The molecule has 3 aromatic rings. The Morgan fingerprint density at radius 2 is 2.14 bits per heavy atom. The molecular formula is C24H30ClN5O3S2. The highest BCUT2D eigenvalue weighted by Crippen LogP contribution is 2.33. The van der Waals surface area contributed by atoms with Gasteiger partial charge >= 0.3 is 0 Å². The van der Waals surface area contributed by atoms with E-state index in [9.17, 15) is 4.79 Å². The number of carbonyl (C=O) groups is 1. The number of nitrogens with one attached hydrogen (secondary N) is 1. The maximum absolute atomic E-state index is 13.4. The van der Waals surface area contributed by atoms with E-state index in [1.165, 1.54) is 17.7 Å². The first-order valence-corrected chi connectivity index (χ1v) is 13.1. The molecule has 2 aromatic heterocycles. The largest absolute Gasteiger partial charge is 0.400 e. The summed E-state index contributed by atoms with van der Waals surface area (Å²) in [5.41, 5.74) is 8.04. The number of anilines is 1. The van der Waals surface area contributed by atoms with Crippen molar-refractivity contribution < 1.29 is 14.1 Å². The summed E-state index contributed by atoms with van der Waals surface area (Å²) in [6.45, 7) is 2.54. The second-order valence-electron chi connectivity index (χ2n) is 8.43. The number of rotatable bonds is 9. The van der Waals surface area contributed by atoms with Crippen LogP contribution in [0.25, 0.3) is 0 Å². The number of ketones is 1. The number of hydrogen-bond donors (Lipinski definition) is 4. The van der Waals surface area contributed by atoms with E-state index in [2.05, 4.69) is 15.3 Å². The molecule has 35 heavy (non-hydrogen) atoms. The van der Waals surface area contributed by atoms with Gasteiger partial charge in [0.25, 0.3) is 0 Å². The van der Waals surface area contributed by atoms with Gasteiger partial charge in [-0.1, -0.05) is 23.7 Å². The molecule has 0 aliphatic heterocycles. The zero-order valence-corrected chi connectivity index (χ0v) is 22.0. The highest BCUT2D eigenvalue weighted by atomic mass is 35.5. The van der Waals surface area contributed by atoms with E-state index >= 15 is 0 Å². The lowest BCUT2D eigenvalue weighted by Gasteiger charge is -2.24. The molecule has 1 aromatic carbocycles. The maximum Gasteiger partial charge on any atom is 0.208 e. The Morgan fingerprint density at radius 1 is 1.34 bits per heavy atom. The molecule has 1 fully saturated rings. The quantitative estimate of drug-likeness (QED) is 0.179. The third-order valence-corrected chi connectivity index (χ3v) is 7.49. The van der Waals surface area contributed by atoms with Gasteiger partial charge < -0.3 is 20.3 Å². The van der Waals surface area contributed by atoms with Crippen LogP contribution in [0.5, 0.6) is 0 Å². The molecule has 6 N–H and O–H groups in total. The fourth-order valence-electron chi connectivity index (χ4n) is 4.14. The van der Waals surface area contributed by atoms with E-state index in [1.807, 2.05) is 42.6 Å². The first-order chi connectivity index (χ1) is 16.9. The molecule has 3 atom stereocenters. The van der Waals surface area contributed by atoms with Gasteiger partial charge in [0.2, 0.25) is 5.78 Å². The molecule has 0 radical (unpaired) electrons. The van der Waals surface area contributed by atoms with Crippen molar-refractivity contribution in [2.45, 2.75) is 37.8 Å². The van der Waals surface area contributed by atoms with Crippen LogP contribution in [0.15, 0.2) is 48.2 Å². The first-order valence-electron chi connectivity index (χ1n) is 11.1. The summed E-state index contributed by atoms with van der Waals surface area (Å²) in [7, 11) is 1.00. The van der Waals surface area contributed by atoms with Gasteiger partial charge in [-0.05, 0) is 66.8 Å². The van der Waals surface area contributed by atoms with Crippen molar-refractivity contribution in [3.63, 3.8) is 0 Å². The van der Waals surface area contributed by atoms with Crippen molar-refractivity contribution in [2.24, 2.45) is 16.8 Å². The smallest absolute Gasteiger partial charge is 0.208 e. The minimum absolute atomic E-state index is 0.131. The third-order valence-electron chi connectivity index (χ3n) is 6.06. The van der Waals surface area contributed by atoms with Crippen molar-refractivity contribution in [1.82, 2.24) is 9.97 Å². The van der Waals surface area contributed by atoms with Crippen LogP contribution in [0.2, 0.25) is 5.02 Å². The molecule has 11 heteroatoms. The third kappa shape index (κ3) is 6.79. The number of carbonyl (C=O) groups excluding carboxylic acids is 1. The first kappa shape index (κ1) is 27.5. The van der Waals surface area contributed by atoms with E-state index < -0.39 is 5.54 Å². The van der Waals surface area contributed by atoms with Crippen LogP contribution in [0, 0.1) is 5.92 Å². The van der Waals surface area contributed by atoms with Crippen LogP contribution in [0.1, 0.15) is 52.5 Å². The summed E-state index contributed by atoms with van der Waals surface area (Å²) < 4.78 is 5.27. The standard InChI is InChI=1S/C23H26ClN5O2S2.CH4O/c1-23(25,15-3-2-4-17(24)8-15)16-9-20(32-12-16)21(30)19-10-27-13-28-22(19)29-18-6-5-14(7-18)11-31-33-26;1-2/h2-4,8-10,12-14,18H,5-7,11,25-26H2,1H3,(H,27,28,29);2H,1H3. The number of aliphatic hydroxyl groups excluding tert-OH is 1. The topological polar surface area (TPSA) is 136 Å². The number of halogens is 1. The minimum atomic E-state index is -0.781. The number of hydrogen-bond acceptors (Lipinski definition) is 10. The lowest BCUT2D eigenvalue weighted by atomic mass is 9.87. The lowest BCUT2D eigenvalue weighted by Crippen LogP contribution is -2.33. The molecule has 0 bridgehead atoms. The summed E-state index contributed by atoms with van der Waals surface area (Å²) in [5.74, 6) is 0.858. The van der Waals surface area contributed by atoms with E-state index in [1.54, 1.807) is 6.20 Å². The summed E-state index contributed by atoms with van der Waals surface area (Å²) >= 11 is 8.42. The average molecular weight is 536 g/mol. The van der Waals surface area contributed by atoms with Gasteiger partial charge in [-0.15, -0.1) is 11.3 Å². The molecule has 8 nitrogen and oxygen atoms in total. The summed E-state index contributed by atoms with van der Waals surface area (Å²) in [5, 5.41) is 18.3. The zero-order valence-electron chi connectivity index (χ0n) is 19.6. The molecule has 0 saturated heterocycles. The molecule has 0 amide bonds. The number of aliphatic hydroxyl groups is 1. The molecule has 2 heterocycles. The van der Waals surface area contributed by atoms with E-state index in [4.69, 9.17) is 31.8 Å². The number of benzene rings is 1. The van der Waals surface area contributed by atoms with Gasteiger partial charge in [0.15, 0.2) is 0 Å². The predicted octanol–water partition coefficient (Wildman–Crippen LogP) is 4.37. The molecule has 3 unspecified atom stereocenters. The fourth-order valence-corrected chi connectivity index (χ4v) is 5.58. The molecule has 188 valence electrons. The van der Waals surface area contributed by atoms with Crippen molar-refractivity contribution in [1.29, 1.82) is 0 Å². The molecule has 1 aliphatic rings. The second kappa shape index (κ2) is 12.8. The average Bonchev–Trinajstić information content (AvgIpc) is 3.54. The SMILES string of the molecule is CC(N)(c1cccc(Cl)c1)c1csc(C(=O)c2cncnc2NC2CCC(COSN)C2)c1.CO. The summed E-state index contributed by atoms with van der Waals surface area (Å²) in [4.78, 5) is 22.4. The van der Waals surface area contributed by atoms with Gasteiger partial charge in [-0.3, -0.25) is 9.93 Å². The molecule has 1 aliphatic carbocycles. The second-order valence-corrected chi connectivity index (χ2v) is 10.2. The van der Waals surface area contributed by atoms with Gasteiger partial charge in [0, 0.05) is 24.4 Å². The Morgan fingerprint density at radius 3 is 2.89 bits per heavy atom. The van der Waals surface area contributed by atoms with Crippen LogP contribution in [-0.4, -0.2) is 40.6 Å². The maximum atomic E-state index is 13.4. The van der Waals surface area contributed by atoms with Crippen molar-refractivity contribution in [2.75, 3.05) is 19.0 Å². The Bertz CT molecular complexity index is 1130. The number of thiophene rings is 1. The van der Waals surface area contributed by atoms with E-state index in [0.717, 1.165) is 49.7 Å². The van der Waals surface area contributed by atoms with E-state index in [-0.39, 0.29) is 11.8 Å². The van der Waals surface area contributed by atoms with Gasteiger partial charge in [0.05, 0.1) is 34.8 Å². The number of aromatic nitrogens is 2. The summed E-state index contributed by atoms with van der Waals surface area (Å²) in [6.07, 6.45) is 5.98. The van der Waals surface area contributed by atoms with Gasteiger partial charge in [-0.2, -0.15) is 0 Å². The minimum Gasteiger partial charge on any atom is -0.400 e. The zero-order chi connectivity index (χ0) is 25.4. The number of nitrogens with zero attached hydrogens (tertiary/aromatic N) is 2. The van der Waals surface area contributed by atoms with Crippen molar-refractivity contribution in [3.8, 4) is 0 Å². The number of nitrogens with two attached hydrogens (primary N) is 2. The molecule has 4 rings (SSSR count). The van der Waals surface area contributed by atoms with Gasteiger partial charge in [0.1, 0.15) is 12.1 Å². The fraction of sp³-hybridized carbons (Fsp3) is 0.375. The molecular weight excluding hydrogens is 506 g/mol. The normalized spacial score (nSPS) is 18.9. The Hall–Kier alpha value is -2.05. The van der Waals surface area contributed by atoms with Crippen molar-refractivity contribution >= 4 is 46.8 Å². The summed E-state index contributed by atoms with van der Waals surface area (Å²) in [6, 6.07) is 9.53. The lowest BCUT2D eigenvalue weighted by molar-refractivity contribution is 0.104. The Kier molecular flexibility index (Phi) is 10.0. The van der Waals surface area contributed by atoms with Crippen LogP contribution in [0.4, 0.5) is 5.82 Å². The predicted molar refractivity (Wildman–Crippen MR) is 143 cm³/mol.